The van der Waals surface area contributed by atoms with E-state index in [1.54, 1.807) is 6.07 Å². The summed E-state index contributed by atoms with van der Waals surface area (Å²) in [7, 11) is 0. The second-order valence-electron chi connectivity index (χ2n) is 6.00. The van der Waals surface area contributed by atoms with Crippen molar-refractivity contribution >= 4 is 0 Å². The molecule has 1 aliphatic rings. The molecular formula is C19H20FY2-. The number of hydrogen-bond donors (Lipinski definition) is 0. The Labute approximate surface area is 183 Å². The molecule has 0 nitrogen and oxygen atoms in total. The maximum Gasteiger partial charge on any atom is 0.0114 e. The topological polar surface area (TPSA) is 0 Å². The zero-order valence-corrected chi connectivity index (χ0v) is 18.7. The smallest absolute Gasteiger partial charge is 0.0114 e. The van der Waals surface area contributed by atoms with E-state index in [1.807, 2.05) is 6.07 Å². The Morgan fingerprint density at radius 2 is 1.55 bits per heavy atom. The van der Waals surface area contributed by atoms with Gasteiger partial charge in [-0.3, -0.25) is 0 Å². The van der Waals surface area contributed by atoms with Gasteiger partial charge < -0.3 is 0 Å². The van der Waals surface area contributed by atoms with Gasteiger partial charge in [-0.25, -0.2) is 4.39 Å². The summed E-state index contributed by atoms with van der Waals surface area (Å²) in [4.78, 5) is 0. The van der Waals surface area contributed by atoms with Gasteiger partial charge in [0.25, 0.3) is 0 Å². The van der Waals surface area contributed by atoms with Crippen LogP contribution in [0.4, 0.5) is 4.39 Å². The number of halogens is 1. The average molecular weight is 445 g/mol. The minimum absolute atomic E-state index is 0. The summed E-state index contributed by atoms with van der Waals surface area (Å²) >= 11 is 0. The summed E-state index contributed by atoms with van der Waals surface area (Å²) in [5, 5.41) is 0. The zero-order valence-electron chi connectivity index (χ0n) is 13.1. The minimum atomic E-state index is -0.298. The van der Waals surface area contributed by atoms with Crippen molar-refractivity contribution in [3.05, 3.63) is 59.9 Å². The molecule has 1 fully saturated rings. The van der Waals surface area contributed by atoms with Crippen LogP contribution in [0.15, 0.2) is 42.5 Å². The number of hydrogen-bond acceptors (Lipinski definition) is 0. The molecule has 110 valence electrons. The van der Waals surface area contributed by atoms with Crippen molar-refractivity contribution in [2.45, 2.75) is 38.5 Å². The van der Waals surface area contributed by atoms with Crippen molar-refractivity contribution in [2.75, 3.05) is 0 Å². The van der Waals surface area contributed by atoms with E-state index in [0.29, 0.717) is 5.92 Å². The summed E-state index contributed by atoms with van der Waals surface area (Å²) in [6, 6.07) is 16.3. The van der Waals surface area contributed by atoms with Gasteiger partial charge in [0.1, 0.15) is 0 Å². The van der Waals surface area contributed by atoms with Crippen molar-refractivity contribution in [2.24, 2.45) is 5.92 Å². The van der Waals surface area contributed by atoms with Crippen LogP contribution in [-0.4, -0.2) is 0 Å². The third-order valence-corrected chi connectivity index (χ3v) is 4.50. The third-order valence-electron chi connectivity index (χ3n) is 4.50. The van der Waals surface area contributed by atoms with Crippen LogP contribution in [0.3, 0.4) is 0 Å². The summed E-state index contributed by atoms with van der Waals surface area (Å²) in [6.45, 7) is 2.35. The second kappa shape index (κ2) is 9.77. The number of benzene rings is 2. The maximum atomic E-state index is 13.2. The summed E-state index contributed by atoms with van der Waals surface area (Å²) in [5.41, 5.74) is 3.43. The first-order chi connectivity index (χ1) is 9.72. The molecule has 0 atom stereocenters. The Kier molecular flexibility index (Phi) is 9.16. The Bertz CT molecular complexity index is 572. The van der Waals surface area contributed by atoms with Crippen molar-refractivity contribution in [3.8, 4) is 11.1 Å². The molecule has 22 heavy (non-hydrogen) atoms. The Hall–Kier alpha value is 0.578. The molecule has 2 radical (unpaired) electrons. The van der Waals surface area contributed by atoms with E-state index in [2.05, 4.69) is 37.3 Å². The summed E-state index contributed by atoms with van der Waals surface area (Å²) in [5.74, 6) is 1.29. The van der Waals surface area contributed by atoms with Crippen molar-refractivity contribution in [1.82, 2.24) is 0 Å². The standard InChI is InChI=1S/C19H20F.2Y/c1-14-5-7-15(8-6-14)16-9-11-17(12-10-16)18-3-2-4-19(20)13-18;;/h2-3,9-15H,5-8H2,1H3;;/q-1;;. The van der Waals surface area contributed by atoms with Gasteiger partial charge >= 0.3 is 0 Å². The first-order valence-electron chi connectivity index (χ1n) is 7.50. The van der Waals surface area contributed by atoms with Crippen molar-refractivity contribution < 1.29 is 69.8 Å². The first-order valence-corrected chi connectivity index (χ1v) is 7.50. The van der Waals surface area contributed by atoms with E-state index in [4.69, 9.17) is 0 Å². The molecule has 0 spiro atoms. The molecule has 1 aliphatic carbocycles. The molecule has 0 saturated heterocycles. The molecule has 0 heterocycles. The number of rotatable bonds is 2. The normalized spacial score (nSPS) is 20.6. The monoisotopic (exact) mass is 445 g/mol. The molecule has 3 rings (SSSR count). The third kappa shape index (κ3) is 5.30. The minimum Gasteiger partial charge on any atom is -0.236 e. The van der Waals surface area contributed by atoms with Gasteiger partial charge in [-0.2, -0.15) is 12.1 Å². The predicted molar refractivity (Wildman–Crippen MR) is 81.0 cm³/mol. The second-order valence-corrected chi connectivity index (χ2v) is 6.00. The zero-order chi connectivity index (χ0) is 13.9. The molecule has 2 aromatic carbocycles. The summed E-state index contributed by atoms with van der Waals surface area (Å²) < 4.78 is 13.2. The van der Waals surface area contributed by atoms with Crippen LogP contribution in [0.5, 0.6) is 0 Å². The van der Waals surface area contributed by atoms with Gasteiger partial charge in [-0.15, -0.1) is 17.7 Å². The molecule has 3 heteroatoms. The van der Waals surface area contributed by atoms with Gasteiger partial charge in [0, 0.05) is 71.2 Å². The quantitative estimate of drug-likeness (QED) is 0.530. The molecule has 0 N–H and O–H groups in total. The molecule has 2 aromatic rings. The Balaban J connectivity index is 0.00000121. The van der Waals surface area contributed by atoms with Crippen LogP contribution >= 0.6 is 0 Å². The van der Waals surface area contributed by atoms with E-state index in [-0.39, 0.29) is 71.2 Å². The van der Waals surface area contributed by atoms with Crippen LogP contribution in [0.25, 0.3) is 11.1 Å². The molecule has 0 unspecified atom stereocenters. The molecule has 0 bridgehead atoms. The van der Waals surface area contributed by atoms with Gasteiger partial charge in [-0.1, -0.05) is 44.0 Å². The molecule has 0 aromatic heterocycles. The van der Waals surface area contributed by atoms with Crippen molar-refractivity contribution in [3.63, 3.8) is 0 Å². The average Bonchev–Trinajstić information content (AvgIpc) is 2.48. The van der Waals surface area contributed by atoms with E-state index in [0.717, 1.165) is 17.0 Å². The van der Waals surface area contributed by atoms with Crippen LogP contribution in [0, 0.1) is 17.8 Å². The van der Waals surface area contributed by atoms with Crippen LogP contribution < -0.4 is 0 Å². The molecule has 0 amide bonds. The first kappa shape index (κ1) is 20.6. The van der Waals surface area contributed by atoms with E-state index in [9.17, 15) is 4.39 Å². The Morgan fingerprint density at radius 3 is 2.14 bits per heavy atom. The SMILES string of the molecule is CC1CCC(c2ccc(-c3cc[c-]c(F)c3)cc2)CC1.[Y].[Y]. The predicted octanol–water partition coefficient (Wildman–Crippen LogP) is 5.58. The van der Waals surface area contributed by atoms with Gasteiger partial charge in [0.05, 0.1) is 0 Å². The fraction of sp³-hybridized carbons (Fsp3) is 0.368. The Morgan fingerprint density at radius 1 is 0.909 bits per heavy atom. The summed E-state index contributed by atoms with van der Waals surface area (Å²) in [6.07, 6.45) is 5.28. The van der Waals surface area contributed by atoms with E-state index >= 15 is 0 Å². The molecule has 1 saturated carbocycles. The van der Waals surface area contributed by atoms with Gasteiger partial charge in [0.2, 0.25) is 0 Å². The van der Waals surface area contributed by atoms with Crippen molar-refractivity contribution in [1.29, 1.82) is 0 Å². The van der Waals surface area contributed by atoms with E-state index in [1.165, 1.54) is 37.3 Å². The largest absolute Gasteiger partial charge is 0.236 e. The van der Waals surface area contributed by atoms with Gasteiger partial charge in [0.15, 0.2) is 0 Å². The van der Waals surface area contributed by atoms with Crippen LogP contribution in [0.1, 0.15) is 44.1 Å². The van der Waals surface area contributed by atoms with Gasteiger partial charge in [-0.05, 0) is 35.8 Å². The molecule has 0 aliphatic heterocycles. The maximum absolute atomic E-state index is 13.2. The fourth-order valence-electron chi connectivity index (χ4n) is 3.16. The fourth-order valence-corrected chi connectivity index (χ4v) is 3.16. The van der Waals surface area contributed by atoms with E-state index < -0.39 is 0 Å². The molecular weight excluding hydrogens is 425 g/mol. The van der Waals surface area contributed by atoms with Crippen LogP contribution in [0.2, 0.25) is 0 Å². The van der Waals surface area contributed by atoms with Crippen LogP contribution in [-0.2, 0) is 65.4 Å².